The van der Waals surface area contributed by atoms with E-state index in [4.69, 9.17) is 19.5 Å². The summed E-state index contributed by atoms with van der Waals surface area (Å²) >= 11 is 0. The first-order chi connectivity index (χ1) is 12.0. The average molecular weight is 344 g/mol. The van der Waals surface area contributed by atoms with Crippen LogP contribution >= 0.6 is 0 Å². The lowest BCUT2D eigenvalue weighted by Crippen LogP contribution is -2.37. The van der Waals surface area contributed by atoms with Crippen molar-refractivity contribution in [1.82, 2.24) is 4.90 Å². The summed E-state index contributed by atoms with van der Waals surface area (Å²) in [5, 5.41) is 8.53. The van der Waals surface area contributed by atoms with Gasteiger partial charge in [0.15, 0.2) is 17.6 Å². The zero-order chi connectivity index (χ0) is 18.2. The molecule has 0 fully saturated rings. The number of benzene rings is 1. The SMILES string of the molecule is C[C@@H](OC(=O)/C=C/c1ccc2c(c1)OCCO2)C(=O)N(C)CCC#N. The first-order valence-electron chi connectivity index (χ1n) is 7.91. The first-order valence-corrected chi connectivity index (χ1v) is 7.91. The zero-order valence-corrected chi connectivity index (χ0v) is 14.2. The quantitative estimate of drug-likeness (QED) is 0.577. The number of likely N-dealkylation sites (N-methyl/N-ethyl adjacent to an activating group) is 1. The fraction of sp³-hybridized carbons (Fsp3) is 0.389. The summed E-state index contributed by atoms with van der Waals surface area (Å²) in [4.78, 5) is 25.2. The molecule has 0 aliphatic carbocycles. The molecule has 0 unspecified atom stereocenters. The van der Waals surface area contributed by atoms with Crippen molar-refractivity contribution in [1.29, 1.82) is 5.26 Å². The number of hydrogen-bond donors (Lipinski definition) is 0. The van der Waals surface area contributed by atoms with Crippen molar-refractivity contribution in [3.05, 3.63) is 29.8 Å². The minimum absolute atomic E-state index is 0.229. The smallest absolute Gasteiger partial charge is 0.331 e. The number of nitrogens with zero attached hydrogens (tertiary/aromatic N) is 2. The molecule has 7 nitrogen and oxygen atoms in total. The van der Waals surface area contributed by atoms with Gasteiger partial charge in [-0.15, -0.1) is 0 Å². The third-order valence-corrected chi connectivity index (χ3v) is 3.55. The Labute approximate surface area is 146 Å². The minimum Gasteiger partial charge on any atom is -0.486 e. The van der Waals surface area contributed by atoms with Crippen LogP contribution in [-0.4, -0.2) is 49.7 Å². The third-order valence-electron chi connectivity index (χ3n) is 3.55. The van der Waals surface area contributed by atoms with Crippen molar-refractivity contribution in [3.63, 3.8) is 0 Å². The summed E-state index contributed by atoms with van der Waals surface area (Å²) in [7, 11) is 1.56. The van der Waals surface area contributed by atoms with Crippen molar-refractivity contribution in [3.8, 4) is 17.6 Å². The van der Waals surface area contributed by atoms with Gasteiger partial charge in [0.1, 0.15) is 13.2 Å². The van der Waals surface area contributed by atoms with Crippen LogP contribution in [0.4, 0.5) is 0 Å². The van der Waals surface area contributed by atoms with Gasteiger partial charge in [0.05, 0.1) is 12.5 Å². The average Bonchev–Trinajstić information content (AvgIpc) is 2.63. The van der Waals surface area contributed by atoms with E-state index in [0.717, 1.165) is 5.56 Å². The van der Waals surface area contributed by atoms with Crippen molar-refractivity contribution in [2.75, 3.05) is 26.8 Å². The van der Waals surface area contributed by atoms with E-state index in [1.165, 1.54) is 17.9 Å². The van der Waals surface area contributed by atoms with Crippen LogP contribution in [0.2, 0.25) is 0 Å². The van der Waals surface area contributed by atoms with Gasteiger partial charge in [-0.1, -0.05) is 6.07 Å². The predicted molar refractivity (Wildman–Crippen MR) is 89.9 cm³/mol. The molecule has 7 heteroatoms. The lowest BCUT2D eigenvalue weighted by Gasteiger charge is -2.20. The van der Waals surface area contributed by atoms with Crippen molar-refractivity contribution in [2.45, 2.75) is 19.4 Å². The Kier molecular flexibility index (Phi) is 6.40. The first kappa shape index (κ1) is 18.3. The van der Waals surface area contributed by atoms with E-state index in [1.807, 2.05) is 6.07 Å². The molecule has 1 atom stereocenters. The van der Waals surface area contributed by atoms with Crippen LogP contribution in [-0.2, 0) is 14.3 Å². The number of carbonyl (C=O) groups excluding carboxylic acids is 2. The number of ether oxygens (including phenoxy) is 3. The van der Waals surface area contributed by atoms with E-state index in [-0.39, 0.29) is 12.3 Å². The lowest BCUT2D eigenvalue weighted by atomic mass is 10.2. The molecule has 0 N–H and O–H groups in total. The molecule has 1 amide bonds. The molecule has 1 aromatic rings. The molecule has 1 aromatic carbocycles. The molecule has 1 aliphatic rings. The number of amides is 1. The van der Waals surface area contributed by atoms with Crippen molar-refractivity contribution >= 4 is 18.0 Å². The normalized spacial score (nSPS) is 13.8. The van der Waals surface area contributed by atoms with Gasteiger partial charge < -0.3 is 19.1 Å². The van der Waals surface area contributed by atoms with Crippen molar-refractivity contribution in [2.24, 2.45) is 0 Å². The van der Waals surface area contributed by atoms with E-state index in [9.17, 15) is 9.59 Å². The van der Waals surface area contributed by atoms with Crippen LogP contribution in [0.1, 0.15) is 18.9 Å². The second-order valence-electron chi connectivity index (χ2n) is 5.48. The summed E-state index contributed by atoms with van der Waals surface area (Å²) in [5.41, 5.74) is 0.756. The van der Waals surface area contributed by atoms with Crippen LogP contribution in [0.25, 0.3) is 6.08 Å². The highest BCUT2D eigenvalue weighted by Gasteiger charge is 2.20. The molecule has 0 saturated carbocycles. The zero-order valence-electron chi connectivity index (χ0n) is 14.2. The maximum atomic E-state index is 12.0. The standard InChI is InChI=1S/C18H20N2O5/c1-13(18(22)20(2)9-3-8-19)25-17(21)7-5-14-4-6-15-16(12-14)24-11-10-23-15/h4-7,12-13H,3,9-11H2,1-2H3/b7-5+/t13-/m1/s1. The Morgan fingerprint density at radius 3 is 2.80 bits per heavy atom. The number of fused-ring (bicyclic) bond motifs is 1. The third kappa shape index (κ3) is 5.24. The summed E-state index contributed by atoms with van der Waals surface area (Å²) < 4.78 is 16.0. The minimum atomic E-state index is -0.916. The van der Waals surface area contributed by atoms with Gasteiger partial charge in [0.2, 0.25) is 0 Å². The molecule has 2 rings (SSSR count). The summed E-state index contributed by atoms with van der Waals surface area (Å²) in [6.45, 7) is 2.80. The number of rotatable bonds is 6. The van der Waals surface area contributed by atoms with Gasteiger partial charge in [-0.3, -0.25) is 4.79 Å². The van der Waals surface area contributed by atoms with Gasteiger partial charge in [-0.05, 0) is 30.7 Å². The maximum absolute atomic E-state index is 12.0. The van der Waals surface area contributed by atoms with Gasteiger partial charge in [-0.25, -0.2) is 4.79 Å². The van der Waals surface area contributed by atoms with Gasteiger partial charge in [0.25, 0.3) is 5.91 Å². The maximum Gasteiger partial charge on any atom is 0.331 e. The van der Waals surface area contributed by atoms with Crippen LogP contribution < -0.4 is 9.47 Å². The van der Waals surface area contributed by atoms with Crippen LogP contribution in [0, 0.1) is 11.3 Å². The molecule has 132 valence electrons. The molecule has 0 aromatic heterocycles. The second-order valence-corrected chi connectivity index (χ2v) is 5.48. The molecule has 1 aliphatic heterocycles. The van der Waals surface area contributed by atoms with Crippen LogP contribution in [0.5, 0.6) is 11.5 Å². The highest BCUT2D eigenvalue weighted by Crippen LogP contribution is 2.31. The van der Waals surface area contributed by atoms with E-state index in [1.54, 1.807) is 31.3 Å². The van der Waals surface area contributed by atoms with Gasteiger partial charge in [-0.2, -0.15) is 5.26 Å². The molecule has 0 spiro atoms. The molecular weight excluding hydrogens is 324 g/mol. The van der Waals surface area contributed by atoms with Crippen molar-refractivity contribution < 1.29 is 23.8 Å². The largest absolute Gasteiger partial charge is 0.486 e. The molecule has 0 radical (unpaired) electrons. The van der Waals surface area contributed by atoms with Gasteiger partial charge >= 0.3 is 5.97 Å². The summed E-state index contributed by atoms with van der Waals surface area (Å²) in [5.74, 6) is 0.329. The number of hydrogen-bond acceptors (Lipinski definition) is 6. The Bertz CT molecular complexity index is 708. The summed E-state index contributed by atoms with van der Waals surface area (Å²) in [6.07, 6.45) is 2.15. The number of esters is 1. The van der Waals surface area contributed by atoms with E-state index in [2.05, 4.69) is 0 Å². The predicted octanol–water partition coefficient (Wildman–Crippen LogP) is 1.77. The van der Waals surface area contributed by atoms with E-state index < -0.39 is 12.1 Å². The lowest BCUT2D eigenvalue weighted by molar-refractivity contribution is -0.154. The molecular formula is C18H20N2O5. The van der Waals surface area contributed by atoms with Gasteiger partial charge in [0, 0.05) is 19.7 Å². The fourth-order valence-corrected chi connectivity index (χ4v) is 2.23. The number of nitriles is 1. The molecule has 25 heavy (non-hydrogen) atoms. The van der Waals surface area contributed by atoms with Crippen LogP contribution in [0.3, 0.4) is 0 Å². The summed E-state index contributed by atoms with van der Waals surface area (Å²) in [6, 6.07) is 7.29. The second kappa shape index (κ2) is 8.73. The Morgan fingerprint density at radius 1 is 1.36 bits per heavy atom. The van der Waals surface area contributed by atoms with E-state index in [0.29, 0.717) is 31.3 Å². The Balaban J connectivity index is 1.90. The Morgan fingerprint density at radius 2 is 2.08 bits per heavy atom. The Hall–Kier alpha value is -3.01. The van der Waals surface area contributed by atoms with Crippen LogP contribution in [0.15, 0.2) is 24.3 Å². The molecule has 1 heterocycles. The topological polar surface area (TPSA) is 88.9 Å². The molecule has 0 bridgehead atoms. The highest BCUT2D eigenvalue weighted by molar-refractivity contribution is 5.90. The van der Waals surface area contributed by atoms with E-state index >= 15 is 0 Å². The monoisotopic (exact) mass is 344 g/mol. The highest BCUT2D eigenvalue weighted by atomic mass is 16.6. The molecule has 0 saturated heterocycles. The number of carbonyl (C=O) groups is 2. The fourth-order valence-electron chi connectivity index (χ4n) is 2.23.